The van der Waals surface area contributed by atoms with Gasteiger partial charge in [-0.15, -0.1) is 11.3 Å². The third kappa shape index (κ3) is 3.81. The molecule has 20 heavy (non-hydrogen) atoms. The van der Waals surface area contributed by atoms with E-state index < -0.39 is 0 Å². The molecule has 0 spiro atoms. The number of benzene rings is 1. The lowest BCUT2D eigenvalue weighted by Crippen LogP contribution is -2.09. The van der Waals surface area contributed by atoms with Crippen molar-refractivity contribution in [3.8, 4) is 0 Å². The zero-order chi connectivity index (χ0) is 14.6. The molecular weight excluding hydrogens is 268 g/mol. The summed E-state index contributed by atoms with van der Waals surface area (Å²) < 4.78 is 5.22. The normalized spacial score (nSPS) is 11.6. The average Bonchev–Trinajstić information content (AvgIpc) is 2.87. The molecule has 4 heteroatoms. The predicted octanol–water partition coefficient (Wildman–Crippen LogP) is 4.20. The second kappa shape index (κ2) is 6.37. The summed E-state index contributed by atoms with van der Waals surface area (Å²) in [7, 11) is 1.72. The summed E-state index contributed by atoms with van der Waals surface area (Å²) in [5, 5.41) is 4.65. The van der Waals surface area contributed by atoms with Crippen molar-refractivity contribution in [2.45, 2.75) is 39.3 Å². The Bertz CT molecular complexity index is 558. The van der Waals surface area contributed by atoms with Crippen molar-refractivity contribution >= 4 is 17.0 Å². The number of rotatable bonds is 5. The molecule has 0 unspecified atom stereocenters. The van der Waals surface area contributed by atoms with Gasteiger partial charge in [0.1, 0.15) is 0 Å². The lowest BCUT2D eigenvalue weighted by molar-refractivity contribution is 0.185. The Hall–Kier alpha value is -1.39. The fourth-order valence-electron chi connectivity index (χ4n) is 1.89. The van der Waals surface area contributed by atoms with Crippen molar-refractivity contribution in [1.82, 2.24) is 4.98 Å². The highest BCUT2D eigenvalue weighted by Gasteiger charge is 2.17. The number of hydrogen-bond acceptors (Lipinski definition) is 4. The fourth-order valence-corrected chi connectivity index (χ4v) is 2.80. The number of para-hydroxylation sites is 1. The molecule has 0 amide bonds. The van der Waals surface area contributed by atoms with Crippen LogP contribution in [-0.4, -0.2) is 12.1 Å². The molecule has 0 bridgehead atoms. The maximum Gasteiger partial charge on any atom is 0.0981 e. The van der Waals surface area contributed by atoms with Crippen molar-refractivity contribution in [2.75, 3.05) is 12.4 Å². The van der Waals surface area contributed by atoms with Crippen LogP contribution >= 0.6 is 11.3 Å². The second-order valence-electron chi connectivity index (χ2n) is 5.83. The number of nitrogens with zero attached hydrogens (tertiary/aromatic N) is 1. The Morgan fingerprint density at radius 1 is 1.25 bits per heavy atom. The molecule has 0 atom stereocenters. The maximum absolute atomic E-state index is 5.22. The summed E-state index contributed by atoms with van der Waals surface area (Å²) >= 11 is 1.77. The lowest BCUT2D eigenvalue weighted by atomic mass is 9.98. The molecule has 0 saturated heterocycles. The van der Waals surface area contributed by atoms with E-state index in [1.54, 1.807) is 18.4 Å². The average molecular weight is 290 g/mol. The van der Waals surface area contributed by atoms with Gasteiger partial charge in [-0.1, -0.05) is 39.0 Å². The molecule has 0 radical (unpaired) electrons. The van der Waals surface area contributed by atoms with E-state index in [9.17, 15) is 0 Å². The van der Waals surface area contributed by atoms with E-state index in [1.807, 2.05) is 18.3 Å². The molecule has 0 fully saturated rings. The highest BCUT2D eigenvalue weighted by molar-refractivity contribution is 7.11. The molecular formula is C16H22N2OS. The van der Waals surface area contributed by atoms with E-state index in [1.165, 1.54) is 15.4 Å². The molecule has 3 nitrogen and oxygen atoms in total. The summed E-state index contributed by atoms with van der Waals surface area (Å²) in [6.07, 6.45) is 1.97. The highest BCUT2D eigenvalue weighted by atomic mass is 32.1. The third-order valence-electron chi connectivity index (χ3n) is 2.97. The third-order valence-corrected chi connectivity index (χ3v) is 4.39. The van der Waals surface area contributed by atoms with E-state index in [0.717, 1.165) is 12.2 Å². The van der Waals surface area contributed by atoms with Crippen molar-refractivity contribution in [3.63, 3.8) is 0 Å². The van der Waals surface area contributed by atoms with Gasteiger partial charge in [0, 0.05) is 34.8 Å². The maximum atomic E-state index is 5.22. The van der Waals surface area contributed by atoms with Crippen LogP contribution < -0.4 is 5.32 Å². The van der Waals surface area contributed by atoms with Crippen LogP contribution in [0.5, 0.6) is 0 Å². The minimum atomic E-state index is 0.122. The molecule has 0 aliphatic rings. The summed E-state index contributed by atoms with van der Waals surface area (Å²) in [6.45, 7) is 8.00. The van der Waals surface area contributed by atoms with Crippen molar-refractivity contribution in [1.29, 1.82) is 0 Å². The monoisotopic (exact) mass is 290 g/mol. The van der Waals surface area contributed by atoms with Crippen LogP contribution in [0.15, 0.2) is 30.5 Å². The largest absolute Gasteiger partial charge is 0.380 e. The Kier molecular flexibility index (Phi) is 4.78. The summed E-state index contributed by atoms with van der Waals surface area (Å²) in [5.41, 5.74) is 2.42. The van der Waals surface area contributed by atoms with Gasteiger partial charge in [-0.25, -0.2) is 4.98 Å². The Balaban J connectivity index is 2.04. The fraction of sp³-hybridized carbons (Fsp3) is 0.438. The minimum absolute atomic E-state index is 0.122. The van der Waals surface area contributed by atoms with Crippen LogP contribution in [0.3, 0.4) is 0 Å². The first-order chi connectivity index (χ1) is 9.50. The van der Waals surface area contributed by atoms with Crippen LogP contribution in [0.25, 0.3) is 0 Å². The molecule has 0 saturated carbocycles. The standard InChI is InChI=1S/C16H22N2OS/c1-16(2,3)15-18-10-13(20-15)9-17-14-8-6-5-7-12(14)11-19-4/h5-8,10,17H,9,11H2,1-4H3. The molecule has 0 aliphatic heterocycles. The van der Waals surface area contributed by atoms with Crippen LogP contribution in [0.1, 0.15) is 36.2 Å². The lowest BCUT2D eigenvalue weighted by Gasteiger charge is -2.13. The van der Waals surface area contributed by atoms with E-state index in [0.29, 0.717) is 6.61 Å². The molecule has 1 aromatic heterocycles. The number of ether oxygens (including phenoxy) is 1. The van der Waals surface area contributed by atoms with E-state index >= 15 is 0 Å². The molecule has 0 aliphatic carbocycles. The van der Waals surface area contributed by atoms with Gasteiger partial charge in [0.15, 0.2) is 0 Å². The molecule has 108 valence electrons. The van der Waals surface area contributed by atoms with E-state index in [-0.39, 0.29) is 5.41 Å². The number of aromatic nitrogens is 1. The van der Waals surface area contributed by atoms with Gasteiger partial charge in [-0.3, -0.25) is 0 Å². The van der Waals surface area contributed by atoms with Crippen LogP contribution in [0.2, 0.25) is 0 Å². The number of methoxy groups -OCH3 is 1. The highest BCUT2D eigenvalue weighted by Crippen LogP contribution is 2.27. The van der Waals surface area contributed by atoms with Gasteiger partial charge in [-0.2, -0.15) is 0 Å². The van der Waals surface area contributed by atoms with Crippen LogP contribution in [0.4, 0.5) is 5.69 Å². The Labute approximate surface area is 125 Å². The predicted molar refractivity (Wildman–Crippen MR) is 85.3 cm³/mol. The quantitative estimate of drug-likeness (QED) is 0.896. The Morgan fingerprint density at radius 3 is 2.65 bits per heavy atom. The van der Waals surface area contributed by atoms with Crippen molar-refractivity contribution in [2.24, 2.45) is 0 Å². The first-order valence-corrected chi connectivity index (χ1v) is 7.58. The van der Waals surface area contributed by atoms with Gasteiger partial charge < -0.3 is 10.1 Å². The molecule has 1 aromatic carbocycles. The second-order valence-corrected chi connectivity index (χ2v) is 6.94. The Morgan fingerprint density at radius 2 is 2.00 bits per heavy atom. The zero-order valence-corrected chi connectivity index (χ0v) is 13.4. The first-order valence-electron chi connectivity index (χ1n) is 6.76. The van der Waals surface area contributed by atoms with Crippen molar-refractivity contribution < 1.29 is 4.74 Å². The minimum Gasteiger partial charge on any atom is -0.380 e. The number of hydrogen-bond donors (Lipinski definition) is 1. The van der Waals surface area contributed by atoms with E-state index in [4.69, 9.17) is 4.74 Å². The summed E-state index contributed by atoms with van der Waals surface area (Å²) in [6, 6.07) is 8.23. The summed E-state index contributed by atoms with van der Waals surface area (Å²) in [5.74, 6) is 0. The molecule has 1 N–H and O–H groups in total. The van der Waals surface area contributed by atoms with Gasteiger partial charge in [-0.05, 0) is 6.07 Å². The van der Waals surface area contributed by atoms with Crippen LogP contribution in [0, 0.1) is 0 Å². The molecule has 1 heterocycles. The smallest absolute Gasteiger partial charge is 0.0981 e. The van der Waals surface area contributed by atoms with Gasteiger partial charge >= 0.3 is 0 Å². The molecule has 2 rings (SSSR count). The zero-order valence-electron chi connectivity index (χ0n) is 12.6. The topological polar surface area (TPSA) is 34.1 Å². The summed E-state index contributed by atoms with van der Waals surface area (Å²) in [4.78, 5) is 5.76. The number of nitrogens with one attached hydrogen (secondary N) is 1. The van der Waals surface area contributed by atoms with Gasteiger partial charge in [0.05, 0.1) is 18.2 Å². The van der Waals surface area contributed by atoms with Crippen molar-refractivity contribution in [3.05, 3.63) is 45.9 Å². The van der Waals surface area contributed by atoms with Gasteiger partial charge in [0.2, 0.25) is 0 Å². The number of thiazole rings is 1. The van der Waals surface area contributed by atoms with Gasteiger partial charge in [0.25, 0.3) is 0 Å². The SMILES string of the molecule is COCc1ccccc1NCc1cnc(C(C)(C)C)s1. The molecule has 2 aromatic rings. The number of anilines is 1. The van der Waals surface area contributed by atoms with E-state index in [2.05, 4.69) is 43.2 Å². The van der Waals surface area contributed by atoms with Crippen LogP contribution in [-0.2, 0) is 23.3 Å². The first kappa shape index (κ1) is 15.0.